The summed E-state index contributed by atoms with van der Waals surface area (Å²) in [6.07, 6.45) is 12.2. The molecule has 4 heteroatoms. The molecule has 2 fully saturated rings. The van der Waals surface area contributed by atoms with Crippen LogP contribution in [0.25, 0.3) is 0 Å². The van der Waals surface area contributed by atoms with Gasteiger partial charge in [0, 0.05) is 6.04 Å². The Hall–Kier alpha value is 0.620. The van der Waals surface area contributed by atoms with Crippen molar-refractivity contribution >= 4 is 23.5 Å². The van der Waals surface area contributed by atoms with Gasteiger partial charge in [0.05, 0.1) is 10.7 Å². The van der Waals surface area contributed by atoms with E-state index in [9.17, 15) is 5.11 Å². The monoisotopic (exact) mass is 317 g/mol. The topological polar surface area (TPSA) is 46.2 Å². The van der Waals surface area contributed by atoms with E-state index in [0.29, 0.717) is 0 Å². The van der Waals surface area contributed by atoms with E-state index in [2.05, 4.69) is 23.5 Å². The van der Waals surface area contributed by atoms with Gasteiger partial charge < -0.3 is 10.8 Å². The number of rotatable bonds is 7. The lowest BCUT2D eigenvalue weighted by Gasteiger charge is -2.27. The van der Waals surface area contributed by atoms with E-state index in [0.717, 1.165) is 29.8 Å². The summed E-state index contributed by atoms with van der Waals surface area (Å²) >= 11 is 4.20. The van der Waals surface area contributed by atoms with Gasteiger partial charge in [0.1, 0.15) is 0 Å². The predicted octanol–water partition coefficient (Wildman–Crippen LogP) is 4.01. The van der Waals surface area contributed by atoms with Crippen molar-refractivity contribution in [1.29, 1.82) is 0 Å². The van der Waals surface area contributed by atoms with Gasteiger partial charge in [-0.05, 0) is 49.5 Å². The van der Waals surface area contributed by atoms with Crippen LogP contribution in [0, 0.1) is 5.92 Å². The summed E-state index contributed by atoms with van der Waals surface area (Å²) in [4.78, 5) is 0. The summed E-state index contributed by atoms with van der Waals surface area (Å²) in [6.45, 7) is 0. The zero-order chi connectivity index (χ0) is 14.2. The molecule has 0 bridgehead atoms. The molecular weight excluding hydrogens is 286 g/mol. The lowest BCUT2D eigenvalue weighted by atomic mass is 9.83. The Morgan fingerprint density at radius 1 is 1.05 bits per heavy atom. The maximum absolute atomic E-state index is 10.2. The molecule has 0 spiro atoms. The van der Waals surface area contributed by atoms with Crippen LogP contribution in [0.5, 0.6) is 0 Å². The lowest BCUT2D eigenvalue weighted by Crippen LogP contribution is -2.36. The molecular formula is C16H31NOS2. The van der Waals surface area contributed by atoms with Gasteiger partial charge >= 0.3 is 0 Å². The van der Waals surface area contributed by atoms with Crippen molar-refractivity contribution in [1.82, 2.24) is 0 Å². The first-order chi connectivity index (χ1) is 9.75. The minimum absolute atomic E-state index is 0.00441. The maximum Gasteiger partial charge on any atom is 0.0691 e. The normalized spacial score (nSPS) is 25.5. The molecule has 1 heterocycles. The summed E-state index contributed by atoms with van der Waals surface area (Å²) in [7, 11) is 0. The van der Waals surface area contributed by atoms with Gasteiger partial charge in [-0.2, -0.15) is 0 Å². The first kappa shape index (κ1) is 17.0. The zero-order valence-corrected chi connectivity index (χ0v) is 14.3. The number of hydrogen-bond acceptors (Lipinski definition) is 4. The van der Waals surface area contributed by atoms with Crippen molar-refractivity contribution in [3.63, 3.8) is 0 Å². The summed E-state index contributed by atoms with van der Waals surface area (Å²) in [6, 6.07) is 0.00441. The Morgan fingerprint density at radius 3 is 2.45 bits per heavy atom. The number of thioether (sulfide) groups is 2. The fourth-order valence-corrected chi connectivity index (χ4v) is 6.34. The number of hydrogen-bond donors (Lipinski definition) is 2. The van der Waals surface area contributed by atoms with E-state index in [1.165, 1.54) is 56.5 Å². The van der Waals surface area contributed by atoms with Crippen molar-refractivity contribution in [3.8, 4) is 0 Å². The molecule has 0 aromatic heterocycles. The largest absolute Gasteiger partial charge is 0.392 e. The number of nitrogens with two attached hydrogens (primary N) is 1. The minimum Gasteiger partial charge on any atom is -0.392 e. The smallest absolute Gasteiger partial charge is 0.0691 e. The van der Waals surface area contributed by atoms with Gasteiger partial charge in [-0.25, -0.2) is 0 Å². The van der Waals surface area contributed by atoms with E-state index in [-0.39, 0.29) is 12.1 Å². The highest BCUT2D eigenvalue weighted by molar-refractivity contribution is 8.17. The molecule has 0 radical (unpaired) electrons. The highest BCUT2D eigenvalue weighted by atomic mass is 32.2. The summed E-state index contributed by atoms with van der Waals surface area (Å²) in [5.74, 6) is 3.42. The molecule has 2 unspecified atom stereocenters. The Balaban J connectivity index is 1.56. The van der Waals surface area contributed by atoms with Crippen molar-refractivity contribution in [3.05, 3.63) is 0 Å². The third kappa shape index (κ3) is 6.17. The van der Waals surface area contributed by atoms with Crippen LogP contribution in [-0.4, -0.2) is 33.3 Å². The van der Waals surface area contributed by atoms with Crippen molar-refractivity contribution in [2.75, 3.05) is 11.5 Å². The maximum atomic E-state index is 10.2. The number of aliphatic hydroxyl groups is 1. The van der Waals surface area contributed by atoms with E-state index in [1.807, 2.05) is 0 Å². The van der Waals surface area contributed by atoms with Crippen LogP contribution < -0.4 is 5.73 Å². The van der Waals surface area contributed by atoms with Gasteiger partial charge in [0.2, 0.25) is 0 Å². The highest BCUT2D eigenvalue weighted by Gasteiger charge is 2.22. The molecule has 1 aliphatic heterocycles. The van der Waals surface area contributed by atoms with E-state index in [1.54, 1.807) is 0 Å². The second-order valence-corrected chi connectivity index (χ2v) is 9.35. The van der Waals surface area contributed by atoms with Crippen molar-refractivity contribution < 1.29 is 5.11 Å². The second-order valence-electron chi connectivity index (χ2n) is 6.43. The highest BCUT2D eigenvalue weighted by Crippen LogP contribution is 2.34. The fourth-order valence-electron chi connectivity index (χ4n) is 3.38. The van der Waals surface area contributed by atoms with Crippen molar-refractivity contribution in [2.45, 2.75) is 80.9 Å². The molecule has 0 amide bonds. The van der Waals surface area contributed by atoms with Crippen LogP contribution in [0.1, 0.15) is 64.2 Å². The molecule has 2 aliphatic rings. The van der Waals surface area contributed by atoms with Gasteiger partial charge in [0.25, 0.3) is 0 Å². The molecule has 1 aliphatic carbocycles. The van der Waals surface area contributed by atoms with Crippen LogP contribution in [0.15, 0.2) is 0 Å². The molecule has 0 aromatic carbocycles. The molecule has 1 saturated carbocycles. The molecule has 118 valence electrons. The zero-order valence-electron chi connectivity index (χ0n) is 12.6. The molecule has 2 rings (SSSR count). The molecule has 20 heavy (non-hydrogen) atoms. The third-order valence-corrected chi connectivity index (χ3v) is 7.74. The minimum atomic E-state index is -0.282. The Morgan fingerprint density at radius 2 is 1.75 bits per heavy atom. The standard InChI is InChI=1S/C16H31NOS2/c17-14(12-13-6-2-1-3-7-13)15(18)8-4-9-16-19-10-5-11-20-16/h13-16,18H,1-12,17H2. The van der Waals surface area contributed by atoms with Gasteiger partial charge in [0.15, 0.2) is 0 Å². The lowest BCUT2D eigenvalue weighted by molar-refractivity contribution is 0.116. The first-order valence-electron chi connectivity index (χ1n) is 8.42. The van der Waals surface area contributed by atoms with Crippen LogP contribution in [-0.2, 0) is 0 Å². The van der Waals surface area contributed by atoms with Gasteiger partial charge in [-0.15, -0.1) is 23.5 Å². The fraction of sp³-hybridized carbons (Fsp3) is 1.00. The van der Waals surface area contributed by atoms with Crippen LogP contribution in [0.2, 0.25) is 0 Å². The quantitative estimate of drug-likeness (QED) is 0.745. The van der Waals surface area contributed by atoms with Crippen LogP contribution in [0.3, 0.4) is 0 Å². The van der Waals surface area contributed by atoms with Crippen LogP contribution >= 0.6 is 23.5 Å². The first-order valence-corrected chi connectivity index (χ1v) is 10.5. The molecule has 3 N–H and O–H groups in total. The van der Waals surface area contributed by atoms with Crippen LogP contribution in [0.4, 0.5) is 0 Å². The average Bonchev–Trinajstić information content (AvgIpc) is 2.49. The van der Waals surface area contributed by atoms with Gasteiger partial charge in [-0.1, -0.05) is 32.1 Å². The predicted molar refractivity (Wildman–Crippen MR) is 92.3 cm³/mol. The second kappa shape index (κ2) is 9.60. The van der Waals surface area contributed by atoms with E-state index in [4.69, 9.17) is 5.73 Å². The Bertz CT molecular complexity index is 253. The molecule has 2 atom stereocenters. The third-order valence-electron chi connectivity index (χ3n) is 4.66. The van der Waals surface area contributed by atoms with Crippen molar-refractivity contribution in [2.24, 2.45) is 11.7 Å². The van der Waals surface area contributed by atoms with E-state index >= 15 is 0 Å². The average molecular weight is 318 g/mol. The summed E-state index contributed by atoms with van der Waals surface area (Å²) in [5, 5.41) is 10.2. The molecule has 1 saturated heterocycles. The number of aliphatic hydroxyl groups excluding tert-OH is 1. The Kier molecular flexibility index (Phi) is 8.15. The summed E-state index contributed by atoms with van der Waals surface area (Å²) < 4.78 is 0.769. The Labute approximate surface area is 133 Å². The molecule has 0 aromatic rings. The van der Waals surface area contributed by atoms with Gasteiger partial charge in [-0.3, -0.25) is 0 Å². The summed E-state index contributed by atoms with van der Waals surface area (Å²) in [5.41, 5.74) is 6.21. The molecule has 2 nitrogen and oxygen atoms in total. The SMILES string of the molecule is NC(CC1CCCCC1)C(O)CCCC1SCCCS1. The van der Waals surface area contributed by atoms with E-state index < -0.39 is 0 Å².